The summed E-state index contributed by atoms with van der Waals surface area (Å²) in [6.07, 6.45) is 1.71. The van der Waals surface area contributed by atoms with Gasteiger partial charge in [-0.25, -0.2) is 4.39 Å². The first kappa shape index (κ1) is 21.7. The number of nitrogens with zero attached hydrogens (tertiary/aromatic N) is 1. The molecule has 1 saturated heterocycles. The highest BCUT2D eigenvalue weighted by molar-refractivity contribution is 8.18. The van der Waals surface area contributed by atoms with Gasteiger partial charge in [0.05, 0.1) is 11.4 Å². The molecular formula is C24H17ClFNO2S2. The zero-order valence-corrected chi connectivity index (χ0v) is 18.9. The third-order valence-electron chi connectivity index (χ3n) is 4.65. The first-order valence-electron chi connectivity index (χ1n) is 9.43. The molecule has 156 valence electrons. The van der Waals surface area contributed by atoms with Gasteiger partial charge in [-0.05, 0) is 72.3 Å². The summed E-state index contributed by atoms with van der Waals surface area (Å²) in [7, 11) is 0. The van der Waals surface area contributed by atoms with E-state index in [9.17, 15) is 14.0 Å². The van der Waals surface area contributed by atoms with E-state index in [-0.39, 0.29) is 22.7 Å². The number of rotatable bonds is 5. The molecule has 1 heterocycles. The maximum absolute atomic E-state index is 13.2. The molecule has 0 N–H and O–H groups in total. The number of aryl methyl sites for hydroxylation is 1. The lowest BCUT2D eigenvalue weighted by atomic mass is 10.2. The molecule has 2 amide bonds. The average Bonchev–Trinajstić information content (AvgIpc) is 3.00. The second-order valence-electron chi connectivity index (χ2n) is 6.99. The molecule has 0 spiro atoms. The number of benzene rings is 3. The van der Waals surface area contributed by atoms with Crippen molar-refractivity contribution in [1.82, 2.24) is 4.90 Å². The molecular weight excluding hydrogens is 453 g/mol. The summed E-state index contributed by atoms with van der Waals surface area (Å²) in [6.45, 7) is 2.06. The van der Waals surface area contributed by atoms with Crippen molar-refractivity contribution in [2.24, 2.45) is 0 Å². The van der Waals surface area contributed by atoms with Crippen LogP contribution in [0.2, 0.25) is 5.02 Å². The van der Waals surface area contributed by atoms with Gasteiger partial charge in [0.15, 0.2) is 0 Å². The van der Waals surface area contributed by atoms with E-state index in [2.05, 4.69) is 31.2 Å². The molecule has 0 unspecified atom stereocenters. The Kier molecular flexibility index (Phi) is 6.51. The molecule has 1 fully saturated rings. The van der Waals surface area contributed by atoms with Crippen LogP contribution in [0.1, 0.15) is 16.7 Å². The van der Waals surface area contributed by atoms with Crippen molar-refractivity contribution in [2.45, 2.75) is 23.3 Å². The van der Waals surface area contributed by atoms with E-state index in [1.807, 2.05) is 24.3 Å². The number of carbonyl (C=O) groups excluding carboxylic acids is 2. The van der Waals surface area contributed by atoms with E-state index in [4.69, 9.17) is 11.6 Å². The lowest BCUT2D eigenvalue weighted by Crippen LogP contribution is -2.27. The number of imide groups is 1. The molecule has 0 radical (unpaired) electrons. The summed E-state index contributed by atoms with van der Waals surface area (Å²) in [5.74, 6) is -0.847. The summed E-state index contributed by atoms with van der Waals surface area (Å²) >= 11 is 8.58. The van der Waals surface area contributed by atoms with Gasteiger partial charge in [0, 0.05) is 14.8 Å². The number of amides is 2. The minimum Gasteiger partial charge on any atom is -0.268 e. The van der Waals surface area contributed by atoms with Crippen molar-refractivity contribution >= 4 is 52.3 Å². The standard InChI is InChI=1S/C24H17ClFNO2S2/c1-15-2-8-19(9-3-15)30-20-10-4-16(5-11-20)12-22-23(28)27(24(29)31-22)14-17-6-7-18(26)13-21(17)25/h2-13H,14H2,1H3/b22-12-. The summed E-state index contributed by atoms with van der Waals surface area (Å²) in [5.41, 5.74) is 2.57. The molecule has 0 atom stereocenters. The number of halogens is 2. The quantitative estimate of drug-likeness (QED) is 0.371. The van der Waals surface area contributed by atoms with E-state index in [0.717, 1.165) is 32.0 Å². The number of hydrogen-bond donors (Lipinski definition) is 0. The SMILES string of the molecule is Cc1ccc(Sc2ccc(/C=C3\SC(=O)N(Cc4ccc(F)cc4Cl)C3=O)cc2)cc1. The first-order chi connectivity index (χ1) is 14.9. The van der Waals surface area contributed by atoms with Gasteiger partial charge in [-0.15, -0.1) is 0 Å². The Morgan fingerprint density at radius 1 is 1.00 bits per heavy atom. The molecule has 1 aliphatic rings. The maximum Gasteiger partial charge on any atom is 0.293 e. The molecule has 3 aromatic carbocycles. The van der Waals surface area contributed by atoms with Crippen molar-refractivity contribution in [1.29, 1.82) is 0 Å². The Hall–Kier alpha value is -2.54. The molecule has 31 heavy (non-hydrogen) atoms. The second kappa shape index (κ2) is 9.30. The van der Waals surface area contributed by atoms with Gasteiger partial charge in [0.1, 0.15) is 5.82 Å². The smallest absolute Gasteiger partial charge is 0.268 e. The molecule has 1 aliphatic heterocycles. The number of carbonyl (C=O) groups is 2. The van der Waals surface area contributed by atoms with Gasteiger partial charge >= 0.3 is 0 Å². The van der Waals surface area contributed by atoms with Crippen LogP contribution in [0.3, 0.4) is 0 Å². The predicted molar refractivity (Wildman–Crippen MR) is 125 cm³/mol. The van der Waals surface area contributed by atoms with Crippen LogP contribution in [0.5, 0.6) is 0 Å². The Bertz CT molecular complexity index is 1180. The molecule has 0 aromatic heterocycles. The van der Waals surface area contributed by atoms with Crippen LogP contribution in [0.4, 0.5) is 9.18 Å². The monoisotopic (exact) mass is 469 g/mol. The third kappa shape index (κ3) is 5.21. The summed E-state index contributed by atoms with van der Waals surface area (Å²) in [5, 5.41) is -0.187. The largest absolute Gasteiger partial charge is 0.293 e. The van der Waals surface area contributed by atoms with Crippen molar-refractivity contribution in [2.75, 3.05) is 0 Å². The minimum absolute atomic E-state index is 0.00719. The van der Waals surface area contributed by atoms with E-state index < -0.39 is 5.82 Å². The molecule has 7 heteroatoms. The van der Waals surface area contributed by atoms with Crippen molar-refractivity contribution in [3.8, 4) is 0 Å². The lowest BCUT2D eigenvalue weighted by molar-refractivity contribution is -0.123. The second-order valence-corrected chi connectivity index (χ2v) is 9.54. The Balaban J connectivity index is 1.46. The lowest BCUT2D eigenvalue weighted by Gasteiger charge is -2.13. The van der Waals surface area contributed by atoms with Crippen LogP contribution in [0.25, 0.3) is 6.08 Å². The van der Waals surface area contributed by atoms with Crippen LogP contribution in [-0.4, -0.2) is 16.0 Å². The highest BCUT2D eigenvalue weighted by Crippen LogP contribution is 2.35. The molecule has 3 nitrogen and oxygen atoms in total. The number of thioether (sulfide) groups is 1. The van der Waals surface area contributed by atoms with Crippen LogP contribution in [0.15, 0.2) is 81.4 Å². The van der Waals surface area contributed by atoms with E-state index in [1.54, 1.807) is 17.8 Å². The highest BCUT2D eigenvalue weighted by Gasteiger charge is 2.35. The fraction of sp³-hybridized carbons (Fsp3) is 0.0833. The highest BCUT2D eigenvalue weighted by atomic mass is 35.5. The van der Waals surface area contributed by atoms with Gasteiger partial charge in [0.25, 0.3) is 11.1 Å². The Labute approximate surface area is 193 Å². The zero-order valence-electron chi connectivity index (χ0n) is 16.5. The van der Waals surface area contributed by atoms with Gasteiger partial charge in [-0.3, -0.25) is 14.5 Å². The molecule has 0 bridgehead atoms. The van der Waals surface area contributed by atoms with E-state index in [0.29, 0.717) is 10.5 Å². The Morgan fingerprint density at radius 3 is 2.29 bits per heavy atom. The van der Waals surface area contributed by atoms with E-state index in [1.165, 1.54) is 23.8 Å². The van der Waals surface area contributed by atoms with Gasteiger partial charge in [0.2, 0.25) is 0 Å². The van der Waals surface area contributed by atoms with E-state index >= 15 is 0 Å². The first-order valence-corrected chi connectivity index (χ1v) is 11.4. The topological polar surface area (TPSA) is 37.4 Å². The van der Waals surface area contributed by atoms with Crippen molar-refractivity contribution < 1.29 is 14.0 Å². The fourth-order valence-corrected chi connectivity index (χ4v) is 4.86. The Morgan fingerprint density at radius 2 is 1.65 bits per heavy atom. The molecule has 0 aliphatic carbocycles. The summed E-state index contributed by atoms with van der Waals surface area (Å²) in [6, 6.07) is 20.0. The summed E-state index contributed by atoms with van der Waals surface area (Å²) < 4.78 is 13.2. The third-order valence-corrected chi connectivity index (χ3v) is 6.93. The molecule has 0 saturated carbocycles. The average molecular weight is 470 g/mol. The molecule has 4 rings (SSSR count). The van der Waals surface area contributed by atoms with Crippen LogP contribution < -0.4 is 0 Å². The molecule has 3 aromatic rings. The summed E-state index contributed by atoms with van der Waals surface area (Å²) in [4.78, 5) is 28.8. The van der Waals surface area contributed by atoms with Gasteiger partial charge in [-0.2, -0.15) is 0 Å². The zero-order chi connectivity index (χ0) is 22.0. The van der Waals surface area contributed by atoms with Crippen molar-refractivity contribution in [3.05, 3.63) is 99.2 Å². The normalized spacial score (nSPS) is 15.2. The van der Waals surface area contributed by atoms with Crippen LogP contribution in [0, 0.1) is 12.7 Å². The van der Waals surface area contributed by atoms with Crippen LogP contribution >= 0.6 is 35.1 Å². The van der Waals surface area contributed by atoms with Gasteiger partial charge in [-0.1, -0.05) is 59.3 Å². The van der Waals surface area contributed by atoms with Gasteiger partial charge < -0.3 is 0 Å². The van der Waals surface area contributed by atoms with Crippen LogP contribution in [-0.2, 0) is 11.3 Å². The number of hydrogen-bond acceptors (Lipinski definition) is 4. The van der Waals surface area contributed by atoms with Crippen molar-refractivity contribution in [3.63, 3.8) is 0 Å². The minimum atomic E-state index is -0.466. The fourth-order valence-electron chi connectivity index (χ4n) is 2.98. The maximum atomic E-state index is 13.2. The predicted octanol–water partition coefficient (Wildman–Crippen LogP) is 7.18.